The van der Waals surface area contributed by atoms with Crippen molar-refractivity contribution in [2.24, 2.45) is 5.92 Å². The number of carbonyl (C=O) groups excluding carboxylic acids is 1. The number of hydrogen-bond donors (Lipinski definition) is 0. The Kier molecular flexibility index (Phi) is 5.80. The van der Waals surface area contributed by atoms with Crippen LogP contribution in [0, 0.1) is 5.92 Å². The molecule has 1 saturated carbocycles. The molecule has 1 spiro atoms. The Balaban J connectivity index is 1.57. The van der Waals surface area contributed by atoms with Gasteiger partial charge in [0.25, 0.3) is 0 Å². The highest BCUT2D eigenvalue weighted by atomic mass is 32.5. The van der Waals surface area contributed by atoms with Gasteiger partial charge < -0.3 is 14.2 Å². The zero-order chi connectivity index (χ0) is 27.7. The Morgan fingerprint density at radius 2 is 1.67 bits per heavy atom. The summed E-state index contributed by atoms with van der Waals surface area (Å²) >= 11 is 0. The van der Waals surface area contributed by atoms with E-state index in [4.69, 9.17) is 19.2 Å². The maximum Gasteiger partial charge on any atom is 0.310 e. The van der Waals surface area contributed by atoms with Crippen LogP contribution < -0.4 is 0 Å². The standard InChI is InChI=1S/C28H32F5NO4S/c1-18(35)37-24-6-4-5-22-25-23(17-34-26(22)24)28(20-11-15-36-16-12-20,38-27(25)13-2-3-14-27)19-7-9-21(10-8-19)39(29,30,31,32)33/h7-10,17,20,24H,2-6,11-16H2,1H3. The normalized spacial score (nSPS) is 28.4. The van der Waals surface area contributed by atoms with E-state index < -0.39 is 32.4 Å². The number of benzene rings is 1. The Morgan fingerprint density at radius 3 is 2.28 bits per heavy atom. The smallest absolute Gasteiger partial charge is 0.310 e. The van der Waals surface area contributed by atoms with Crippen molar-refractivity contribution in [3.63, 3.8) is 0 Å². The summed E-state index contributed by atoms with van der Waals surface area (Å²) in [5.74, 6) is -0.536. The predicted octanol–water partition coefficient (Wildman–Crippen LogP) is 8.15. The summed E-state index contributed by atoms with van der Waals surface area (Å²) in [6.07, 6.45) is 7.98. The second kappa shape index (κ2) is 8.39. The van der Waals surface area contributed by atoms with Gasteiger partial charge in [-0.25, -0.2) is 0 Å². The minimum absolute atomic E-state index is 0.150. The van der Waals surface area contributed by atoms with E-state index in [1.54, 1.807) is 6.20 Å². The number of halogens is 5. The fraction of sp³-hybridized carbons (Fsp3) is 0.571. The van der Waals surface area contributed by atoms with Crippen LogP contribution in [0.4, 0.5) is 19.4 Å². The third-order valence-corrected chi connectivity index (χ3v) is 10.0. The highest BCUT2D eigenvalue weighted by molar-refractivity contribution is 8.45. The fourth-order valence-corrected chi connectivity index (χ4v) is 8.00. The first-order valence-corrected chi connectivity index (χ1v) is 15.5. The zero-order valence-electron chi connectivity index (χ0n) is 21.7. The van der Waals surface area contributed by atoms with Crippen LogP contribution in [-0.4, -0.2) is 24.2 Å². The molecular formula is C28H32F5NO4S. The molecule has 4 aliphatic rings. The van der Waals surface area contributed by atoms with Gasteiger partial charge in [-0.3, -0.25) is 9.78 Å². The monoisotopic (exact) mass is 573 g/mol. The third-order valence-electron chi connectivity index (χ3n) is 8.87. The average Bonchev–Trinajstić information content (AvgIpc) is 3.47. The zero-order valence-corrected chi connectivity index (χ0v) is 22.5. The molecule has 2 aliphatic carbocycles. The van der Waals surface area contributed by atoms with Gasteiger partial charge in [0.2, 0.25) is 0 Å². The molecule has 2 unspecified atom stereocenters. The van der Waals surface area contributed by atoms with Crippen LogP contribution in [0.2, 0.25) is 0 Å². The molecule has 2 fully saturated rings. The number of nitrogens with zero attached hydrogens (tertiary/aromatic N) is 1. The van der Waals surface area contributed by atoms with Gasteiger partial charge in [0, 0.05) is 37.8 Å². The number of carbonyl (C=O) groups is 1. The number of ether oxygens (including phenoxy) is 3. The van der Waals surface area contributed by atoms with E-state index in [2.05, 4.69) is 0 Å². The summed E-state index contributed by atoms with van der Waals surface area (Å²) in [6, 6.07) is 3.29. The summed E-state index contributed by atoms with van der Waals surface area (Å²) in [5, 5.41) is 0. The molecule has 1 saturated heterocycles. The minimum atomic E-state index is -9.84. The first kappa shape index (κ1) is 27.0. The van der Waals surface area contributed by atoms with E-state index in [-0.39, 0.29) is 11.9 Å². The van der Waals surface area contributed by atoms with Gasteiger partial charge >= 0.3 is 16.2 Å². The molecule has 0 bridgehead atoms. The lowest BCUT2D eigenvalue weighted by molar-refractivity contribution is -0.160. The molecule has 3 heterocycles. The van der Waals surface area contributed by atoms with E-state index >= 15 is 0 Å². The molecule has 0 radical (unpaired) electrons. The van der Waals surface area contributed by atoms with E-state index in [1.807, 2.05) is 0 Å². The lowest BCUT2D eigenvalue weighted by Gasteiger charge is -2.43. The maximum absolute atomic E-state index is 13.6. The lowest BCUT2D eigenvalue weighted by atomic mass is 9.71. The van der Waals surface area contributed by atoms with Gasteiger partial charge in [-0.15, -0.1) is 0 Å². The fourth-order valence-electron chi connectivity index (χ4n) is 7.35. The highest BCUT2D eigenvalue weighted by Crippen LogP contribution is 3.02. The third kappa shape index (κ3) is 4.44. The number of rotatable bonds is 4. The molecule has 214 valence electrons. The average molecular weight is 574 g/mol. The van der Waals surface area contributed by atoms with Gasteiger partial charge in [-0.1, -0.05) is 44.4 Å². The van der Waals surface area contributed by atoms with Crippen molar-refractivity contribution in [2.45, 2.75) is 86.9 Å². The summed E-state index contributed by atoms with van der Waals surface area (Å²) in [5.41, 5.74) is 2.09. The van der Waals surface area contributed by atoms with Gasteiger partial charge in [0.05, 0.1) is 11.3 Å². The number of esters is 1. The second-order valence-corrected chi connectivity index (χ2v) is 13.7. The second-order valence-electron chi connectivity index (χ2n) is 11.3. The number of aromatic nitrogens is 1. The van der Waals surface area contributed by atoms with E-state index in [0.29, 0.717) is 55.9 Å². The van der Waals surface area contributed by atoms with Crippen molar-refractivity contribution < 1.29 is 38.4 Å². The van der Waals surface area contributed by atoms with E-state index in [9.17, 15) is 24.2 Å². The molecule has 39 heavy (non-hydrogen) atoms. The van der Waals surface area contributed by atoms with Crippen molar-refractivity contribution in [2.75, 3.05) is 13.2 Å². The van der Waals surface area contributed by atoms with Crippen LogP contribution in [0.3, 0.4) is 0 Å². The molecule has 2 atom stereocenters. The Bertz CT molecular complexity index is 1310. The highest BCUT2D eigenvalue weighted by Gasteiger charge is 2.66. The molecule has 0 amide bonds. The molecular weight excluding hydrogens is 541 g/mol. The largest absolute Gasteiger partial charge is 0.456 e. The van der Waals surface area contributed by atoms with Gasteiger partial charge in [-0.05, 0) is 73.8 Å². The summed E-state index contributed by atoms with van der Waals surface area (Å²) in [4.78, 5) is 14.7. The first-order valence-electron chi connectivity index (χ1n) is 13.6. The minimum Gasteiger partial charge on any atom is -0.456 e. The van der Waals surface area contributed by atoms with Crippen LogP contribution >= 0.6 is 10.2 Å². The first-order chi connectivity index (χ1) is 18.2. The van der Waals surface area contributed by atoms with Crippen LogP contribution in [-0.2, 0) is 36.6 Å². The van der Waals surface area contributed by atoms with E-state index in [1.165, 1.54) is 6.92 Å². The van der Waals surface area contributed by atoms with Gasteiger partial charge in [-0.2, -0.15) is 0 Å². The number of hydrogen-bond acceptors (Lipinski definition) is 5. The lowest BCUT2D eigenvalue weighted by Crippen LogP contribution is -2.42. The molecule has 0 N–H and O–H groups in total. The topological polar surface area (TPSA) is 57.7 Å². The Morgan fingerprint density at radius 1 is 1.00 bits per heavy atom. The van der Waals surface area contributed by atoms with Crippen molar-refractivity contribution >= 4 is 16.2 Å². The van der Waals surface area contributed by atoms with Crippen molar-refractivity contribution in [3.05, 3.63) is 58.4 Å². The van der Waals surface area contributed by atoms with Gasteiger partial charge in [0.15, 0.2) is 0 Å². The van der Waals surface area contributed by atoms with Crippen molar-refractivity contribution in [1.29, 1.82) is 0 Å². The maximum atomic E-state index is 13.6. The number of pyridine rings is 1. The number of fused-ring (bicyclic) bond motifs is 4. The molecule has 2 aromatic rings. The SMILES string of the molecule is CC(=O)OC1CCCc2c1ncc1c2C2(CCCC2)OC1(c1ccc(S(F)(F)(F)(F)F)cc1)C1CCOCC1. The van der Waals surface area contributed by atoms with Gasteiger partial charge in [0.1, 0.15) is 16.6 Å². The van der Waals surface area contributed by atoms with Crippen molar-refractivity contribution in [1.82, 2.24) is 4.98 Å². The van der Waals surface area contributed by atoms with Crippen LogP contribution in [0.5, 0.6) is 0 Å². The molecule has 11 heteroatoms. The summed E-state index contributed by atoms with van der Waals surface area (Å²) < 4.78 is 86.5. The molecule has 1 aromatic heterocycles. The van der Waals surface area contributed by atoms with Crippen LogP contribution in [0.1, 0.15) is 92.3 Å². The Hall–Kier alpha value is -2.24. The summed E-state index contributed by atoms with van der Waals surface area (Å²) in [7, 11) is -9.84. The van der Waals surface area contributed by atoms with Crippen LogP contribution in [0.15, 0.2) is 35.4 Å². The van der Waals surface area contributed by atoms with Crippen molar-refractivity contribution in [3.8, 4) is 0 Å². The Labute approximate surface area is 224 Å². The molecule has 5 nitrogen and oxygen atoms in total. The molecule has 6 rings (SSSR count). The molecule has 2 aliphatic heterocycles. The van der Waals surface area contributed by atoms with E-state index in [0.717, 1.165) is 67.3 Å². The quantitative estimate of drug-likeness (QED) is 0.273. The summed E-state index contributed by atoms with van der Waals surface area (Å²) in [6.45, 7) is 2.30. The molecule has 1 aromatic carbocycles. The predicted molar refractivity (Wildman–Crippen MR) is 135 cm³/mol. The van der Waals surface area contributed by atoms with Crippen LogP contribution in [0.25, 0.3) is 0 Å².